The molecule has 220 valence electrons. The maximum atomic E-state index is 11.7. The maximum Gasteiger partial charge on any atom is 0.302 e. The van der Waals surface area contributed by atoms with Gasteiger partial charge >= 0.3 is 5.97 Å². The van der Waals surface area contributed by atoms with Crippen LogP contribution in [0.1, 0.15) is 64.5 Å². The number of hydrogen-bond acceptors (Lipinski definition) is 6. The number of rotatable bonds is 9. The number of aryl methyl sites for hydroxylation is 1. The van der Waals surface area contributed by atoms with Crippen molar-refractivity contribution >= 4 is 32.8 Å². The van der Waals surface area contributed by atoms with Gasteiger partial charge in [-0.2, -0.15) is 0 Å². The molecule has 1 aliphatic rings. The summed E-state index contributed by atoms with van der Waals surface area (Å²) in [5, 5.41) is 1.17. The summed E-state index contributed by atoms with van der Waals surface area (Å²) in [6.07, 6.45) is 2.35. The van der Waals surface area contributed by atoms with Crippen molar-refractivity contribution in [3.05, 3.63) is 51.8 Å². The molecule has 0 bridgehead atoms. The Morgan fingerprint density at radius 1 is 1.22 bits per heavy atom. The average Bonchev–Trinajstić information content (AvgIpc) is 3.26. The van der Waals surface area contributed by atoms with Crippen LogP contribution in [0.2, 0.25) is 0 Å². The summed E-state index contributed by atoms with van der Waals surface area (Å²) in [5.41, 5.74) is 5.91. The molecule has 0 saturated carbocycles. The van der Waals surface area contributed by atoms with E-state index in [1.165, 1.54) is 17.9 Å². The minimum atomic E-state index is -0.291. The molecular formula is C33H42BrN3O4. The molecular weight excluding hydrogens is 582 g/mol. The first-order chi connectivity index (χ1) is 19.5. The van der Waals surface area contributed by atoms with Gasteiger partial charge in [0.2, 0.25) is 0 Å². The molecule has 3 heterocycles. The fraction of sp³-hybridized carbons (Fsp3) is 0.515. The summed E-state index contributed by atoms with van der Waals surface area (Å²) >= 11 is 3.69. The van der Waals surface area contributed by atoms with Gasteiger partial charge in [0.25, 0.3) is 0 Å². The molecule has 3 aromatic rings. The Morgan fingerprint density at radius 3 is 2.61 bits per heavy atom. The van der Waals surface area contributed by atoms with Crippen LogP contribution >= 0.6 is 15.9 Å². The first kappa shape index (κ1) is 31.2. The van der Waals surface area contributed by atoms with Crippen LogP contribution in [0.25, 0.3) is 22.2 Å². The van der Waals surface area contributed by atoms with E-state index in [-0.39, 0.29) is 23.5 Å². The molecule has 0 aliphatic carbocycles. The van der Waals surface area contributed by atoms with Crippen molar-refractivity contribution in [3.63, 3.8) is 0 Å². The lowest BCUT2D eigenvalue weighted by molar-refractivity contribution is -0.143. The highest BCUT2D eigenvalue weighted by Gasteiger charge is 2.29. The quantitative estimate of drug-likeness (QED) is 0.203. The van der Waals surface area contributed by atoms with Crippen molar-refractivity contribution in [1.82, 2.24) is 14.5 Å². The second-order valence-electron chi connectivity index (χ2n) is 11.5. The van der Waals surface area contributed by atoms with Crippen molar-refractivity contribution < 1.29 is 19.0 Å². The molecule has 0 N–H and O–H groups in total. The van der Waals surface area contributed by atoms with Gasteiger partial charge in [-0.1, -0.05) is 41.6 Å². The predicted octanol–water partition coefficient (Wildman–Crippen LogP) is 6.40. The number of halogens is 1. The highest BCUT2D eigenvalue weighted by Crippen LogP contribution is 2.41. The molecule has 1 saturated heterocycles. The Bertz CT molecular complexity index is 1450. The number of ether oxygens (including phenoxy) is 3. The first-order valence-electron chi connectivity index (χ1n) is 14.3. The number of methoxy groups -OCH3 is 1. The largest absolute Gasteiger partial charge is 0.465 e. The number of nitrogens with zero attached hydrogens (tertiary/aromatic N) is 3. The third kappa shape index (κ3) is 7.39. The van der Waals surface area contributed by atoms with Crippen molar-refractivity contribution in [2.45, 2.75) is 66.7 Å². The maximum absolute atomic E-state index is 11.7. The van der Waals surface area contributed by atoms with Crippen LogP contribution < -0.4 is 0 Å². The summed E-state index contributed by atoms with van der Waals surface area (Å²) in [6.45, 7) is 16.5. The van der Waals surface area contributed by atoms with Crippen molar-refractivity contribution in [3.8, 4) is 23.1 Å². The Labute approximate surface area is 252 Å². The standard InChI is InChI=1S/C33H42BrN3O4/c1-8-37-30-12-11-26(34)18-27(30)29(19-33(5,6)21-41-24(4)38)32(37)28-17-25(20-35-31(28)23(3)39-7)10-9-22(2)36-13-15-40-16-14-36/h11-12,17-18,20,22-23H,8,13-16,19,21H2,1-7H3/t22-,23+/m1/s1. The molecule has 41 heavy (non-hydrogen) atoms. The van der Waals surface area contributed by atoms with Crippen LogP contribution in [-0.2, 0) is 32.0 Å². The van der Waals surface area contributed by atoms with Gasteiger partial charge in [0.15, 0.2) is 0 Å². The highest BCUT2D eigenvalue weighted by molar-refractivity contribution is 9.10. The van der Waals surface area contributed by atoms with Gasteiger partial charge < -0.3 is 18.8 Å². The zero-order chi connectivity index (χ0) is 29.7. The minimum Gasteiger partial charge on any atom is -0.465 e. The number of benzene rings is 1. The van der Waals surface area contributed by atoms with Gasteiger partial charge in [-0.05, 0) is 57.0 Å². The predicted molar refractivity (Wildman–Crippen MR) is 167 cm³/mol. The molecule has 0 unspecified atom stereocenters. The van der Waals surface area contributed by atoms with E-state index < -0.39 is 0 Å². The number of aromatic nitrogens is 2. The smallest absolute Gasteiger partial charge is 0.302 e. The molecule has 0 amide bonds. The van der Waals surface area contributed by atoms with Crippen molar-refractivity contribution in [2.75, 3.05) is 40.0 Å². The lowest BCUT2D eigenvalue weighted by Gasteiger charge is -2.29. The molecule has 2 aromatic heterocycles. The minimum absolute atomic E-state index is 0.122. The Hall–Kier alpha value is -2.70. The number of carbonyl (C=O) groups is 1. The second kappa shape index (κ2) is 13.5. The zero-order valence-electron chi connectivity index (χ0n) is 25.3. The Kier molecular flexibility index (Phi) is 10.3. The van der Waals surface area contributed by atoms with E-state index in [1.807, 2.05) is 13.1 Å². The summed E-state index contributed by atoms with van der Waals surface area (Å²) in [6, 6.07) is 8.71. The van der Waals surface area contributed by atoms with E-state index in [4.69, 9.17) is 19.2 Å². The lowest BCUT2D eigenvalue weighted by atomic mass is 9.84. The molecule has 0 radical (unpaired) electrons. The third-order valence-corrected chi connectivity index (χ3v) is 8.19. The first-order valence-corrected chi connectivity index (χ1v) is 15.1. The van der Waals surface area contributed by atoms with Crippen LogP contribution in [0.5, 0.6) is 0 Å². The topological polar surface area (TPSA) is 65.8 Å². The number of fused-ring (bicyclic) bond motifs is 1. The number of hydrogen-bond donors (Lipinski definition) is 0. The monoisotopic (exact) mass is 623 g/mol. The molecule has 2 atom stereocenters. The molecule has 7 nitrogen and oxygen atoms in total. The molecule has 8 heteroatoms. The van der Waals surface area contributed by atoms with Gasteiger partial charge in [-0.15, -0.1) is 0 Å². The van der Waals surface area contributed by atoms with E-state index in [0.717, 1.165) is 65.4 Å². The van der Waals surface area contributed by atoms with Crippen molar-refractivity contribution in [1.29, 1.82) is 0 Å². The van der Waals surface area contributed by atoms with Gasteiger partial charge in [0.05, 0.1) is 43.4 Å². The van der Waals surface area contributed by atoms with E-state index in [0.29, 0.717) is 13.0 Å². The molecule has 1 aromatic carbocycles. The third-order valence-electron chi connectivity index (χ3n) is 7.70. The summed E-state index contributed by atoms with van der Waals surface area (Å²) in [4.78, 5) is 18.9. The number of esters is 1. The van der Waals surface area contributed by atoms with E-state index in [2.05, 4.69) is 89.2 Å². The normalized spacial score (nSPS) is 15.8. The zero-order valence-corrected chi connectivity index (χ0v) is 26.9. The van der Waals surface area contributed by atoms with E-state index in [1.54, 1.807) is 7.11 Å². The number of morpholine rings is 1. The van der Waals surface area contributed by atoms with Crippen LogP contribution in [0.15, 0.2) is 34.9 Å². The fourth-order valence-electron chi connectivity index (χ4n) is 5.45. The van der Waals surface area contributed by atoms with Crippen molar-refractivity contribution in [2.24, 2.45) is 5.41 Å². The SMILES string of the molecule is CCn1c(-c2cc(C#C[C@@H](C)N3CCOCC3)cnc2[C@H](C)OC)c(CC(C)(C)COC(C)=O)c2cc(Br)ccc21. The number of carbonyl (C=O) groups excluding carboxylic acids is 1. The number of pyridine rings is 1. The summed E-state index contributed by atoms with van der Waals surface area (Å²) in [5.74, 6) is 6.58. The van der Waals surface area contributed by atoms with Gasteiger partial charge in [-0.25, -0.2) is 0 Å². The van der Waals surface area contributed by atoms with Gasteiger partial charge in [0, 0.05) is 71.8 Å². The molecule has 4 rings (SSSR count). The summed E-state index contributed by atoms with van der Waals surface area (Å²) < 4.78 is 20.2. The second-order valence-corrected chi connectivity index (χ2v) is 12.4. The molecule has 0 spiro atoms. The Balaban J connectivity index is 1.90. The highest BCUT2D eigenvalue weighted by atomic mass is 79.9. The van der Waals surface area contributed by atoms with E-state index in [9.17, 15) is 4.79 Å². The molecule has 1 aliphatic heterocycles. The average molecular weight is 625 g/mol. The fourth-order valence-corrected chi connectivity index (χ4v) is 5.81. The van der Waals surface area contributed by atoms with Gasteiger partial charge in [-0.3, -0.25) is 14.7 Å². The lowest BCUT2D eigenvalue weighted by Crippen LogP contribution is -2.41. The van der Waals surface area contributed by atoms with Crippen LogP contribution in [0.4, 0.5) is 0 Å². The van der Waals surface area contributed by atoms with Crippen LogP contribution in [0.3, 0.4) is 0 Å². The van der Waals surface area contributed by atoms with Crippen LogP contribution in [-0.4, -0.2) is 66.5 Å². The summed E-state index contributed by atoms with van der Waals surface area (Å²) in [7, 11) is 1.71. The van der Waals surface area contributed by atoms with E-state index >= 15 is 0 Å². The Morgan fingerprint density at radius 2 is 1.95 bits per heavy atom. The van der Waals surface area contributed by atoms with Gasteiger partial charge in [0.1, 0.15) is 0 Å². The molecule has 1 fully saturated rings. The van der Waals surface area contributed by atoms with Crippen LogP contribution in [0, 0.1) is 17.3 Å².